The number of hydrogen-bond donors (Lipinski definition) is 2. The molecule has 2 rings (SSSR count). The van der Waals surface area contributed by atoms with Gasteiger partial charge in [-0.05, 0) is 35.4 Å². The minimum Gasteiger partial charge on any atom is -0.392 e. The molecule has 0 atom stereocenters. The maximum atomic E-state index is 11.9. The van der Waals surface area contributed by atoms with Gasteiger partial charge in [-0.15, -0.1) is 0 Å². The van der Waals surface area contributed by atoms with Gasteiger partial charge in [-0.2, -0.15) is 0 Å². The highest BCUT2D eigenvalue weighted by molar-refractivity contribution is 9.10. The second kappa shape index (κ2) is 6.50. The largest absolute Gasteiger partial charge is 0.392 e. The van der Waals surface area contributed by atoms with Crippen LogP contribution in [0, 0.1) is 0 Å². The fraction of sp³-hybridized carbons (Fsp3) is 0.133. The minimum atomic E-state index is -0.0603. The van der Waals surface area contributed by atoms with Gasteiger partial charge in [0.1, 0.15) is 0 Å². The van der Waals surface area contributed by atoms with Crippen LogP contribution in [0.2, 0.25) is 0 Å². The van der Waals surface area contributed by atoms with Crippen molar-refractivity contribution < 1.29 is 9.90 Å². The fourth-order valence-corrected chi connectivity index (χ4v) is 2.18. The van der Waals surface area contributed by atoms with Gasteiger partial charge < -0.3 is 10.4 Å². The number of hydrogen-bond acceptors (Lipinski definition) is 2. The topological polar surface area (TPSA) is 49.3 Å². The van der Waals surface area contributed by atoms with Gasteiger partial charge in [0.25, 0.3) is 0 Å². The van der Waals surface area contributed by atoms with Gasteiger partial charge in [0.2, 0.25) is 5.91 Å². The average Bonchev–Trinajstić information content (AvgIpc) is 2.39. The predicted octanol–water partition coefficient (Wildman–Crippen LogP) is 3.12. The standard InChI is InChI=1S/C15H14BrNO2/c16-13-3-1-2-12(8-13)9-15(19)17-14-6-4-11(10-18)5-7-14/h1-8,18H,9-10H2,(H,17,19). The molecule has 4 heteroatoms. The molecule has 0 aliphatic rings. The summed E-state index contributed by atoms with van der Waals surface area (Å²) >= 11 is 3.38. The Morgan fingerprint density at radius 2 is 1.84 bits per heavy atom. The first-order valence-electron chi connectivity index (χ1n) is 5.91. The van der Waals surface area contributed by atoms with Crippen LogP contribution in [0.25, 0.3) is 0 Å². The number of aliphatic hydroxyl groups excluding tert-OH is 1. The summed E-state index contributed by atoms with van der Waals surface area (Å²) in [5.74, 6) is -0.0603. The summed E-state index contributed by atoms with van der Waals surface area (Å²) in [5.41, 5.74) is 2.51. The summed E-state index contributed by atoms with van der Waals surface area (Å²) in [6, 6.07) is 14.8. The lowest BCUT2D eigenvalue weighted by Crippen LogP contribution is -2.14. The molecule has 0 aliphatic heterocycles. The molecule has 19 heavy (non-hydrogen) atoms. The molecule has 0 fully saturated rings. The molecule has 2 aromatic carbocycles. The Kier molecular flexibility index (Phi) is 4.71. The lowest BCUT2D eigenvalue weighted by atomic mass is 10.1. The van der Waals surface area contributed by atoms with E-state index in [1.807, 2.05) is 24.3 Å². The Hall–Kier alpha value is -1.65. The number of anilines is 1. The van der Waals surface area contributed by atoms with Crippen LogP contribution >= 0.6 is 15.9 Å². The van der Waals surface area contributed by atoms with E-state index >= 15 is 0 Å². The fourth-order valence-electron chi connectivity index (χ4n) is 1.73. The van der Waals surface area contributed by atoms with E-state index < -0.39 is 0 Å². The molecule has 98 valence electrons. The first-order valence-corrected chi connectivity index (χ1v) is 6.71. The van der Waals surface area contributed by atoms with Gasteiger partial charge in [-0.1, -0.05) is 40.2 Å². The van der Waals surface area contributed by atoms with Crippen molar-refractivity contribution in [2.45, 2.75) is 13.0 Å². The third kappa shape index (κ3) is 4.19. The summed E-state index contributed by atoms with van der Waals surface area (Å²) in [4.78, 5) is 11.9. The molecular weight excluding hydrogens is 306 g/mol. The van der Waals surface area contributed by atoms with Crippen molar-refractivity contribution in [2.75, 3.05) is 5.32 Å². The Balaban J connectivity index is 1.97. The van der Waals surface area contributed by atoms with Crippen molar-refractivity contribution in [2.24, 2.45) is 0 Å². The van der Waals surface area contributed by atoms with Gasteiger partial charge in [0.15, 0.2) is 0 Å². The number of carbonyl (C=O) groups is 1. The van der Waals surface area contributed by atoms with E-state index in [0.717, 1.165) is 21.3 Å². The average molecular weight is 320 g/mol. The monoisotopic (exact) mass is 319 g/mol. The zero-order valence-corrected chi connectivity index (χ0v) is 11.9. The number of benzene rings is 2. The second-order valence-corrected chi connectivity index (χ2v) is 5.13. The molecule has 2 N–H and O–H groups in total. The number of halogens is 1. The number of nitrogens with one attached hydrogen (secondary N) is 1. The lowest BCUT2D eigenvalue weighted by Gasteiger charge is -2.06. The number of rotatable bonds is 4. The van der Waals surface area contributed by atoms with Gasteiger partial charge in [0.05, 0.1) is 13.0 Å². The zero-order valence-electron chi connectivity index (χ0n) is 10.3. The first kappa shape index (κ1) is 13.8. The van der Waals surface area contributed by atoms with E-state index in [9.17, 15) is 4.79 Å². The molecule has 0 saturated carbocycles. The Bertz CT molecular complexity index is 567. The summed E-state index contributed by atoms with van der Waals surface area (Å²) < 4.78 is 0.963. The van der Waals surface area contributed by atoms with Crippen LogP contribution in [-0.4, -0.2) is 11.0 Å². The lowest BCUT2D eigenvalue weighted by molar-refractivity contribution is -0.115. The van der Waals surface area contributed by atoms with Crippen molar-refractivity contribution in [3.05, 3.63) is 64.1 Å². The third-order valence-electron chi connectivity index (χ3n) is 2.67. The highest BCUT2D eigenvalue weighted by atomic mass is 79.9. The normalized spacial score (nSPS) is 10.2. The predicted molar refractivity (Wildman–Crippen MR) is 78.8 cm³/mol. The molecule has 0 aliphatic carbocycles. The van der Waals surface area contributed by atoms with Gasteiger partial charge >= 0.3 is 0 Å². The molecule has 0 spiro atoms. The number of amides is 1. The van der Waals surface area contributed by atoms with Crippen LogP contribution in [0.15, 0.2) is 53.0 Å². The van der Waals surface area contributed by atoms with Crippen molar-refractivity contribution in [3.63, 3.8) is 0 Å². The quantitative estimate of drug-likeness (QED) is 0.909. The summed E-state index contributed by atoms with van der Waals surface area (Å²) in [7, 11) is 0. The summed E-state index contributed by atoms with van der Waals surface area (Å²) in [5, 5.41) is 11.8. The third-order valence-corrected chi connectivity index (χ3v) is 3.17. The van der Waals surface area contributed by atoms with Crippen LogP contribution in [0.4, 0.5) is 5.69 Å². The van der Waals surface area contributed by atoms with Crippen molar-refractivity contribution in [1.82, 2.24) is 0 Å². The smallest absolute Gasteiger partial charge is 0.228 e. The van der Waals surface area contributed by atoms with Crippen molar-refractivity contribution in [3.8, 4) is 0 Å². The molecule has 2 aromatic rings. The molecule has 0 unspecified atom stereocenters. The SMILES string of the molecule is O=C(Cc1cccc(Br)c1)Nc1ccc(CO)cc1. The molecule has 0 aromatic heterocycles. The molecule has 0 radical (unpaired) electrons. The highest BCUT2D eigenvalue weighted by Crippen LogP contribution is 2.14. The second-order valence-electron chi connectivity index (χ2n) is 4.21. The Labute approximate surface area is 120 Å². The zero-order chi connectivity index (χ0) is 13.7. The molecule has 0 bridgehead atoms. The maximum Gasteiger partial charge on any atom is 0.228 e. The molecule has 1 amide bonds. The van der Waals surface area contributed by atoms with Gasteiger partial charge in [0, 0.05) is 10.2 Å². The van der Waals surface area contributed by atoms with E-state index in [0.29, 0.717) is 6.42 Å². The van der Waals surface area contributed by atoms with E-state index in [1.54, 1.807) is 24.3 Å². The Morgan fingerprint density at radius 1 is 1.11 bits per heavy atom. The highest BCUT2D eigenvalue weighted by Gasteiger charge is 2.04. The molecular formula is C15H14BrNO2. The summed E-state index contributed by atoms with van der Waals surface area (Å²) in [6.45, 7) is 0.00622. The first-order chi connectivity index (χ1) is 9.17. The minimum absolute atomic E-state index is 0.00622. The number of aliphatic hydroxyl groups is 1. The van der Waals surface area contributed by atoms with E-state index in [-0.39, 0.29) is 12.5 Å². The van der Waals surface area contributed by atoms with Gasteiger partial charge in [-0.25, -0.2) is 0 Å². The van der Waals surface area contributed by atoms with Crippen LogP contribution < -0.4 is 5.32 Å². The number of carbonyl (C=O) groups excluding carboxylic acids is 1. The van der Waals surface area contributed by atoms with E-state index in [4.69, 9.17) is 5.11 Å². The molecule has 0 saturated heterocycles. The van der Waals surface area contributed by atoms with Crippen molar-refractivity contribution in [1.29, 1.82) is 0 Å². The van der Waals surface area contributed by atoms with Crippen molar-refractivity contribution >= 4 is 27.5 Å². The van der Waals surface area contributed by atoms with E-state index in [1.165, 1.54) is 0 Å². The van der Waals surface area contributed by atoms with Gasteiger partial charge in [-0.3, -0.25) is 4.79 Å². The van der Waals surface area contributed by atoms with Crippen LogP contribution in [0.3, 0.4) is 0 Å². The Morgan fingerprint density at radius 3 is 2.47 bits per heavy atom. The molecule has 0 heterocycles. The summed E-state index contributed by atoms with van der Waals surface area (Å²) in [6.07, 6.45) is 0.335. The maximum absolute atomic E-state index is 11.9. The molecule has 3 nitrogen and oxygen atoms in total. The van der Waals surface area contributed by atoms with E-state index in [2.05, 4.69) is 21.2 Å². The van der Waals surface area contributed by atoms with Crippen LogP contribution in [0.1, 0.15) is 11.1 Å². The van der Waals surface area contributed by atoms with Crippen LogP contribution in [-0.2, 0) is 17.8 Å². The van der Waals surface area contributed by atoms with Crippen LogP contribution in [0.5, 0.6) is 0 Å².